The van der Waals surface area contributed by atoms with Crippen LogP contribution in [0, 0.1) is 0 Å². The number of rotatable bonds is 5. The number of ether oxygens (including phenoxy) is 1. The van der Waals surface area contributed by atoms with E-state index in [0.717, 1.165) is 0 Å². The van der Waals surface area contributed by atoms with Gasteiger partial charge in [0.25, 0.3) is 0 Å². The molecule has 132 valence electrons. The lowest BCUT2D eigenvalue weighted by Crippen LogP contribution is -2.46. The van der Waals surface area contributed by atoms with Crippen molar-refractivity contribution in [1.82, 2.24) is 4.90 Å². The fourth-order valence-electron chi connectivity index (χ4n) is 2.59. The Labute approximate surface area is 141 Å². The number of hydrogen-bond donors (Lipinski definition) is 0. The first-order chi connectivity index (χ1) is 10.4. The lowest BCUT2D eigenvalue weighted by Gasteiger charge is -2.32. The lowest BCUT2D eigenvalue weighted by molar-refractivity contribution is 0.00578. The second kappa shape index (κ2) is 7.26. The second-order valence-electron chi connectivity index (χ2n) is 7.59. The second-order valence-corrected chi connectivity index (χ2v) is 7.59. The van der Waals surface area contributed by atoms with Gasteiger partial charge in [-0.2, -0.15) is 0 Å². The highest BCUT2D eigenvalue weighted by atomic mass is 16.7. The van der Waals surface area contributed by atoms with Crippen LogP contribution >= 0.6 is 0 Å². The Morgan fingerprint density at radius 3 is 1.83 bits per heavy atom. The molecule has 0 aromatic heterocycles. The maximum Gasteiger partial charge on any atom is 0.506 e. The molecule has 1 rings (SSSR count). The lowest BCUT2D eigenvalue weighted by atomic mass is 9.80. The maximum atomic E-state index is 12.5. The predicted octanol–water partition coefficient (Wildman–Crippen LogP) is 3.82. The van der Waals surface area contributed by atoms with Gasteiger partial charge in [0.2, 0.25) is 0 Å². The van der Waals surface area contributed by atoms with E-state index in [1.807, 2.05) is 68.4 Å². The summed E-state index contributed by atoms with van der Waals surface area (Å²) in [6.45, 7) is 17.7. The summed E-state index contributed by atoms with van der Waals surface area (Å²) in [4.78, 5) is 14.3. The molecular weight excluding hydrogens is 293 g/mol. The molecule has 0 aromatic carbocycles. The van der Waals surface area contributed by atoms with E-state index in [-0.39, 0.29) is 18.2 Å². The van der Waals surface area contributed by atoms with Crippen molar-refractivity contribution in [2.75, 3.05) is 0 Å². The third kappa shape index (κ3) is 4.51. The molecule has 23 heavy (non-hydrogen) atoms. The molecule has 0 saturated carbocycles. The summed E-state index contributed by atoms with van der Waals surface area (Å²) < 4.78 is 17.7. The smallest absolute Gasteiger partial charge is 0.444 e. The molecule has 6 heteroatoms. The van der Waals surface area contributed by atoms with Crippen LogP contribution in [-0.4, -0.2) is 47.4 Å². The zero-order valence-corrected chi connectivity index (χ0v) is 16.0. The van der Waals surface area contributed by atoms with Gasteiger partial charge in [-0.3, -0.25) is 0 Å². The number of allylic oxidation sites excluding steroid dienone is 1. The van der Waals surface area contributed by atoms with Crippen LogP contribution in [0.3, 0.4) is 0 Å². The van der Waals surface area contributed by atoms with Gasteiger partial charge in [-0.05, 0) is 62.3 Å². The molecule has 1 aliphatic rings. The molecule has 0 aromatic rings. The average Bonchev–Trinajstić information content (AvgIpc) is 2.56. The van der Waals surface area contributed by atoms with E-state index in [0.29, 0.717) is 0 Å². The molecule has 1 heterocycles. The van der Waals surface area contributed by atoms with Crippen molar-refractivity contribution < 1.29 is 18.8 Å². The molecule has 0 unspecified atom stereocenters. The molecular formula is C17H32BNO4. The number of hydrogen-bond acceptors (Lipinski definition) is 4. The van der Waals surface area contributed by atoms with Crippen molar-refractivity contribution in [3.8, 4) is 0 Å². The largest absolute Gasteiger partial charge is 0.506 e. The molecule has 5 nitrogen and oxygen atoms in total. The van der Waals surface area contributed by atoms with Gasteiger partial charge in [-0.1, -0.05) is 12.2 Å². The zero-order chi connectivity index (χ0) is 18.0. The minimum atomic E-state index is -0.610. The Balaban J connectivity index is 2.91. The first kappa shape index (κ1) is 20.0. The van der Waals surface area contributed by atoms with E-state index in [1.54, 1.807) is 11.0 Å². The first-order valence-electron chi connectivity index (χ1n) is 8.40. The van der Waals surface area contributed by atoms with Crippen LogP contribution in [-0.2, 0) is 14.0 Å². The van der Waals surface area contributed by atoms with Crippen molar-refractivity contribution >= 4 is 13.2 Å². The van der Waals surface area contributed by atoms with Crippen molar-refractivity contribution in [3.63, 3.8) is 0 Å². The molecule has 0 aliphatic carbocycles. The Bertz CT molecular complexity index is 422. The normalized spacial score (nSPS) is 21.3. The minimum Gasteiger partial charge on any atom is -0.444 e. The molecule has 1 saturated heterocycles. The summed E-state index contributed by atoms with van der Waals surface area (Å²) in [5, 5.41) is 0. The first-order valence-corrected chi connectivity index (χ1v) is 8.40. The molecule has 1 fully saturated rings. The van der Waals surface area contributed by atoms with Crippen LogP contribution in [0.25, 0.3) is 0 Å². The molecule has 1 aliphatic heterocycles. The van der Waals surface area contributed by atoms with Crippen LogP contribution in [0.4, 0.5) is 4.79 Å². The molecule has 0 spiro atoms. The van der Waals surface area contributed by atoms with Gasteiger partial charge in [0.15, 0.2) is 6.00 Å². The van der Waals surface area contributed by atoms with Gasteiger partial charge in [0.05, 0.1) is 11.2 Å². The number of amides is 1. The molecule has 1 atom stereocenters. The van der Waals surface area contributed by atoms with Gasteiger partial charge < -0.3 is 18.9 Å². The van der Waals surface area contributed by atoms with E-state index in [4.69, 9.17) is 14.0 Å². The highest BCUT2D eigenvalue weighted by molar-refractivity contribution is 6.48. The third-order valence-electron chi connectivity index (χ3n) is 4.48. The van der Waals surface area contributed by atoms with E-state index in [9.17, 15) is 4.79 Å². The van der Waals surface area contributed by atoms with Crippen LogP contribution in [0.2, 0.25) is 0 Å². The van der Waals surface area contributed by atoms with E-state index < -0.39 is 24.3 Å². The summed E-state index contributed by atoms with van der Waals surface area (Å²) in [7, 11) is -0.610. The highest BCUT2D eigenvalue weighted by Crippen LogP contribution is 2.38. The van der Waals surface area contributed by atoms with E-state index in [2.05, 4.69) is 0 Å². The SMILES string of the molecule is C/C=C/[C@H](OC(=O)N(C(C)C)C(C)C)B1OC(C)(C)C(C)(C)O1. The van der Waals surface area contributed by atoms with Crippen LogP contribution in [0.5, 0.6) is 0 Å². The Morgan fingerprint density at radius 2 is 1.48 bits per heavy atom. The fraction of sp³-hybridized carbons (Fsp3) is 0.824. The summed E-state index contributed by atoms with van der Waals surface area (Å²) in [6, 6.07) is -0.451. The average molecular weight is 325 g/mol. The topological polar surface area (TPSA) is 48.0 Å². The maximum absolute atomic E-state index is 12.5. The summed E-state index contributed by atoms with van der Waals surface area (Å²) in [5.74, 6) is 0. The Morgan fingerprint density at radius 1 is 1.04 bits per heavy atom. The minimum absolute atomic E-state index is 0.0621. The van der Waals surface area contributed by atoms with E-state index in [1.165, 1.54) is 0 Å². The van der Waals surface area contributed by atoms with Crippen LogP contribution < -0.4 is 0 Å². The predicted molar refractivity (Wildman–Crippen MR) is 93.3 cm³/mol. The van der Waals surface area contributed by atoms with Crippen molar-refractivity contribution in [2.24, 2.45) is 0 Å². The van der Waals surface area contributed by atoms with Gasteiger partial charge in [-0.15, -0.1) is 0 Å². The molecule has 1 amide bonds. The van der Waals surface area contributed by atoms with Gasteiger partial charge in [0.1, 0.15) is 0 Å². The summed E-state index contributed by atoms with van der Waals surface area (Å²) in [5.41, 5.74) is -0.917. The Kier molecular flexibility index (Phi) is 6.33. The van der Waals surface area contributed by atoms with Crippen LogP contribution in [0.15, 0.2) is 12.2 Å². The molecule has 0 N–H and O–H groups in total. The monoisotopic (exact) mass is 325 g/mol. The quantitative estimate of drug-likeness (QED) is 0.569. The molecule has 0 radical (unpaired) electrons. The Hall–Kier alpha value is -1.01. The summed E-state index contributed by atoms with van der Waals surface area (Å²) in [6.07, 6.45) is 3.30. The molecule has 0 bridgehead atoms. The number of carbonyl (C=O) groups is 1. The highest BCUT2D eigenvalue weighted by Gasteiger charge is 2.54. The zero-order valence-electron chi connectivity index (χ0n) is 16.0. The van der Waals surface area contributed by atoms with Crippen molar-refractivity contribution in [3.05, 3.63) is 12.2 Å². The van der Waals surface area contributed by atoms with Crippen molar-refractivity contribution in [2.45, 2.75) is 91.6 Å². The fourth-order valence-corrected chi connectivity index (χ4v) is 2.59. The third-order valence-corrected chi connectivity index (χ3v) is 4.48. The standard InChI is InChI=1S/C17H32BNO4/c1-10-11-14(18-22-16(6,7)17(8,9)23-18)21-15(20)19(12(2)3)13(4)5/h10-14H,1-9H3/b11-10+/t14-/m0/s1. The number of carbonyl (C=O) groups excluding carboxylic acids is 1. The van der Waals surface area contributed by atoms with Crippen molar-refractivity contribution in [1.29, 1.82) is 0 Å². The van der Waals surface area contributed by atoms with Gasteiger partial charge >= 0.3 is 13.2 Å². The summed E-state index contributed by atoms with van der Waals surface area (Å²) >= 11 is 0. The van der Waals surface area contributed by atoms with Gasteiger partial charge in [0, 0.05) is 12.1 Å². The van der Waals surface area contributed by atoms with Gasteiger partial charge in [-0.25, -0.2) is 4.79 Å². The van der Waals surface area contributed by atoms with E-state index >= 15 is 0 Å². The number of nitrogens with zero attached hydrogens (tertiary/aromatic N) is 1. The van der Waals surface area contributed by atoms with Crippen LogP contribution in [0.1, 0.15) is 62.3 Å².